The second kappa shape index (κ2) is 6.78. The van der Waals surface area contributed by atoms with Crippen LogP contribution in [0.4, 0.5) is 5.82 Å². The summed E-state index contributed by atoms with van der Waals surface area (Å²) in [5.74, 6) is -1.32. The lowest BCUT2D eigenvalue weighted by molar-refractivity contribution is -0.142. The number of benzene rings is 1. The largest absolute Gasteiger partial charge is 0.481 e. The van der Waals surface area contributed by atoms with E-state index >= 15 is 0 Å². The maximum atomic E-state index is 11.0. The second-order valence-electron chi connectivity index (χ2n) is 5.33. The van der Waals surface area contributed by atoms with E-state index in [2.05, 4.69) is 9.97 Å². The zero-order valence-corrected chi connectivity index (χ0v) is 13.0. The Morgan fingerprint density at radius 2 is 1.83 bits per heavy atom. The molecule has 0 amide bonds. The average molecular weight is 338 g/mol. The number of piperidine rings is 1. The predicted molar refractivity (Wildman–Crippen MR) is 86.3 cm³/mol. The molecule has 0 unspecified atom stereocenters. The SMILES string of the molecule is Cl.O=C(O)c1ccc2c(N3CCC(C(=O)O)CC3)ncnc2c1. The van der Waals surface area contributed by atoms with Crippen molar-refractivity contribution in [2.24, 2.45) is 5.92 Å². The molecule has 2 heterocycles. The van der Waals surface area contributed by atoms with Crippen LogP contribution in [0.15, 0.2) is 24.5 Å². The Labute approximate surface area is 138 Å². The molecule has 0 spiro atoms. The number of carboxylic acid groups (broad SMARTS) is 2. The third-order valence-corrected chi connectivity index (χ3v) is 4.01. The summed E-state index contributed by atoms with van der Waals surface area (Å²) in [7, 11) is 0. The number of carboxylic acids is 2. The number of halogens is 1. The number of rotatable bonds is 3. The lowest BCUT2D eigenvalue weighted by Crippen LogP contribution is -2.36. The summed E-state index contributed by atoms with van der Waals surface area (Å²) in [6.07, 6.45) is 2.56. The molecule has 8 heteroatoms. The van der Waals surface area contributed by atoms with Crippen LogP contribution in [0.25, 0.3) is 10.9 Å². The standard InChI is InChI=1S/C15H15N3O4.ClH/c19-14(20)9-3-5-18(6-4-9)13-11-2-1-10(15(21)22)7-12(11)16-8-17-13;/h1-2,7-9H,3-6H2,(H,19,20)(H,21,22);1H. The minimum Gasteiger partial charge on any atom is -0.481 e. The van der Waals surface area contributed by atoms with Crippen LogP contribution in [0.2, 0.25) is 0 Å². The highest BCUT2D eigenvalue weighted by Crippen LogP contribution is 2.28. The number of nitrogens with zero attached hydrogens (tertiary/aromatic N) is 3. The Kier molecular flexibility index (Phi) is 5.00. The first kappa shape index (κ1) is 17.0. The summed E-state index contributed by atoms with van der Waals surface area (Å²) in [6, 6.07) is 4.76. The zero-order valence-electron chi connectivity index (χ0n) is 12.2. The predicted octanol–water partition coefficient (Wildman–Crippen LogP) is 2.05. The van der Waals surface area contributed by atoms with E-state index in [1.807, 2.05) is 4.90 Å². The van der Waals surface area contributed by atoms with Gasteiger partial charge in [0.25, 0.3) is 0 Å². The van der Waals surface area contributed by atoms with E-state index in [0.717, 1.165) is 11.2 Å². The molecule has 1 aliphatic rings. The van der Waals surface area contributed by atoms with E-state index < -0.39 is 11.9 Å². The van der Waals surface area contributed by atoms with Crippen LogP contribution in [0.3, 0.4) is 0 Å². The van der Waals surface area contributed by atoms with E-state index in [9.17, 15) is 9.59 Å². The summed E-state index contributed by atoms with van der Waals surface area (Å²) in [5, 5.41) is 18.9. The van der Waals surface area contributed by atoms with Gasteiger partial charge in [-0.05, 0) is 31.0 Å². The van der Waals surface area contributed by atoms with Crippen LogP contribution < -0.4 is 4.90 Å². The molecule has 0 radical (unpaired) electrons. The minimum atomic E-state index is -0.996. The van der Waals surface area contributed by atoms with Gasteiger partial charge in [0.15, 0.2) is 0 Å². The normalized spacial score (nSPS) is 15.2. The molecular formula is C15H16ClN3O4. The Hall–Kier alpha value is -2.41. The van der Waals surface area contributed by atoms with Gasteiger partial charge in [0.1, 0.15) is 12.1 Å². The van der Waals surface area contributed by atoms with E-state index in [0.29, 0.717) is 31.4 Å². The highest BCUT2D eigenvalue weighted by Gasteiger charge is 2.26. The number of carbonyl (C=O) groups is 2. The molecule has 1 aromatic heterocycles. The molecule has 1 saturated heterocycles. The fourth-order valence-electron chi connectivity index (χ4n) is 2.77. The van der Waals surface area contributed by atoms with E-state index in [1.54, 1.807) is 6.07 Å². The summed E-state index contributed by atoms with van der Waals surface area (Å²) in [4.78, 5) is 32.5. The molecule has 23 heavy (non-hydrogen) atoms. The zero-order chi connectivity index (χ0) is 15.7. The number of anilines is 1. The summed E-state index contributed by atoms with van der Waals surface area (Å²) >= 11 is 0. The van der Waals surface area contributed by atoms with Crippen molar-refractivity contribution >= 4 is 41.1 Å². The first-order chi connectivity index (χ1) is 10.6. The van der Waals surface area contributed by atoms with Gasteiger partial charge in [0.2, 0.25) is 0 Å². The average Bonchev–Trinajstić information content (AvgIpc) is 2.53. The third kappa shape index (κ3) is 3.34. The fourth-order valence-corrected chi connectivity index (χ4v) is 2.77. The van der Waals surface area contributed by atoms with Gasteiger partial charge in [0, 0.05) is 18.5 Å². The smallest absolute Gasteiger partial charge is 0.335 e. The molecule has 0 atom stereocenters. The fraction of sp³-hybridized carbons (Fsp3) is 0.333. The third-order valence-electron chi connectivity index (χ3n) is 4.01. The van der Waals surface area contributed by atoms with Crippen LogP contribution in [0.5, 0.6) is 0 Å². The highest BCUT2D eigenvalue weighted by molar-refractivity contribution is 5.96. The first-order valence-electron chi connectivity index (χ1n) is 7.02. The molecule has 2 aromatic rings. The Morgan fingerprint density at radius 1 is 1.13 bits per heavy atom. The molecule has 0 aliphatic carbocycles. The van der Waals surface area contributed by atoms with Crippen molar-refractivity contribution in [3.8, 4) is 0 Å². The topological polar surface area (TPSA) is 104 Å². The van der Waals surface area contributed by atoms with Crippen LogP contribution >= 0.6 is 12.4 Å². The number of aliphatic carboxylic acids is 1. The van der Waals surface area contributed by atoms with Crippen molar-refractivity contribution in [3.63, 3.8) is 0 Å². The monoisotopic (exact) mass is 337 g/mol. The van der Waals surface area contributed by atoms with Gasteiger partial charge in [-0.3, -0.25) is 4.79 Å². The first-order valence-corrected chi connectivity index (χ1v) is 7.02. The lowest BCUT2D eigenvalue weighted by Gasteiger charge is -2.31. The number of hydrogen-bond donors (Lipinski definition) is 2. The summed E-state index contributed by atoms with van der Waals surface area (Å²) in [6.45, 7) is 1.23. The number of fused-ring (bicyclic) bond motifs is 1. The van der Waals surface area contributed by atoms with Crippen molar-refractivity contribution in [2.75, 3.05) is 18.0 Å². The second-order valence-corrected chi connectivity index (χ2v) is 5.33. The van der Waals surface area contributed by atoms with Gasteiger partial charge in [-0.15, -0.1) is 12.4 Å². The van der Waals surface area contributed by atoms with Crippen molar-refractivity contribution in [1.29, 1.82) is 0 Å². The number of aromatic nitrogens is 2. The molecule has 0 saturated carbocycles. The Balaban J connectivity index is 0.00000192. The number of hydrogen-bond acceptors (Lipinski definition) is 5. The number of aromatic carboxylic acids is 1. The Bertz CT molecular complexity index is 745. The van der Waals surface area contributed by atoms with Crippen molar-refractivity contribution < 1.29 is 19.8 Å². The van der Waals surface area contributed by atoms with Crippen molar-refractivity contribution in [3.05, 3.63) is 30.1 Å². The molecule has 1 aromatic carbocycles. The van der Waals surface area contributed by atoms with Gasteiger partial charge < -0.3 is 15.1 Å². The summed E-state index contributed by atoms with van der Waals surface area (Å²) in [5.41, 5.74) is 0.756. The quantitative estimate of drug-likeness (QED) is 0.883. The van der Waals surface area contributed by atoms with E-state index in [4.69, 9.17) is 10.2 Å². The van der Waals surface area contributed by atoms with Crippen LogP contribution in [-0.4, -0.2) is 45.2 Å². The van der Waals surface area contributed by atoms with Crippen LogP contribution in [0, 0.1) is 5.92 Å². The molecule has 7 nitrogen and oxygen atoms in total. The van der Waals surface area contributed by atoms with Gasteiger partial charge in [-0.1, -0.05) is 0 Å². The lowest BCUT2D eigenvalue weighted by atomic mass is 9.97. The van der Waals surface area contributed by atoms with Crippen LogP contribution in [0.1, 0.15) is 23.2 Å². The maximum Gasteiger partial charge on any atom is 0.335 e. The molecule has 122 valence electrons. The van der Waals surface area contributed by atoms with E-state index in [-0.39, 0.29) is 23.9 Å². The Morgan fingerprint density at radius 3 is 2.43 bits per heavy atom. The van der Waals surface area contributed by atoms with Crippen molar-refractivity contribution in [2.45, 2.75) is 12.8 Å². The van der Waals surface area contributed by atoms with Crippen LogP contribution in [-0.2, 0) is 4.79 Å². The molecule has 1 fully saturated rings. The highest BCUT2D eigenvalue weighted by atomic mass is 35.5. The molecular weight excluding hydrogens is 322 g/mol. The summed E-state index contributed by atoms with van der Waals surface area (Å²) < 4.78 is 0. The molecule has 0 bridgehead atoms. The van der Waals surface area contributed by atoms with Crippen molar-refractivity contribution in [1.82, 2.24) is 9.97 Å². The molecule has 3 rings (SSSR count). The van der Waals surface area contributed by atoms with Gasteiger partial charge in [0.05, 0.1) is 17.0 Å². The molecule has 2 N–H and O–H groups in total. The van der Waals surface area contributed by atoms with Gasteiger partial charge >= 0.3 is 11.9 Å². The van der Waals surface area contributed by atoms with E-state index in [1.165, 1.54) is 18.5 Å². The molecule has 1 aliphatic heterocycles. The van der Waals surface area contributed by atoms with Gasteiger partial charge in [-0.2, -0.15) is 0 Å². The van der Waals surface area contributed by atoms with Gasteiger partial charge in [-0.25, -0.2) is 14.8 Å². The maximum absolute atomic E-state index is 11.0. The minimum absolute atomic E-state index is 0.